The fourth-order valence-electron chi connectivity index (χ4n) is 2.48. The zero-order chi connectivity index (χ0) is 20.2. The number of sulfonamides is 1. The minimum absolute atomic E-state index is 0.121. The average Bonchev–Trinajstić information content (AvgIpc) is 2.53. The standard InChI is InChI=1S/C18H20ClN3O4S/c1-12(23)20-15-7-8-17(21-27(3,25)26)16(10-15)18(24)22(2)11-13-5-4-6-14(19)9-13/h4-10,21H,11H2,1-3H3,(H,20,23). The summed E-state index contributed by atoms with van der Waals surface area (Å²) in [5.74, 6) is -0.710. The third-order valence-corrected chi connectivity index (χ3v) is 4.35. The summed E-state index contributed by atoms with van der Waals surface area (Å²) >= 11 is 5.97. The highest BCUT2D eigenvalue weighted by molar-refractivity contribution is 7.92. The first-order chi connectivity index (χ1) is 12.5. The average molecular weight is 410 g/mol. The number of hydrogen-bond donors (Lipinski definition) is 2. The summed E-state index contributed by atoms with van der Waals surface area (Å²) in [5.41, 5.74) is 1.47. The zero-order valence-corrected chi connectivity index (χ0v) is 16.7. The molecule has 27 heavy (non-hydrogen) atoms. The van der Waals surface area contributed by atoms with Crippen LogP contribution in [0.4, 0.5) is 11.4 Å². The summed E-state index contributed by atoms with van der Waals surface area (Å²) in [7, 11) is -1.99. The Hall–Kier alpha value is -2.58. The van der Waals surface area contributed by atoms with Gasteiger partial charge in [0.2, 0.25) is 15.9 Å². The Balaban J connectivity index is 2.36. The predicted molar refractivity (Wildman–Crippen MR) is 106 cm³/mol. The number of rotatable bonds is 6. The smallest absolute Gasteiger partial charge is 0.256 e. The Morgan fingerprint density at radius 2 is 1.85 bits per heavy atom. The van der Waals surface area contributed by atoms with Crippen LogP contribution in [0.25, 0.3) is 0 Å². The van der Waals surface area contributed by atoms with Crippen LogP contribution in [0.3, 0.4) is 0 Å². The summed E-state index contributed by atoms with van der Waals surface area (Å²) in [4.78, 5) is 25.6. The second-order valence-electron chi connectivity index (χ2n) is 6.11. The number of carbonyl (C=O) groups is 2. The van der Waals surface area contributed by atoms with Crippen LogP contribution in [0, 0.1) is 0 Å². The Bertz CT molecular complexity index is 976. The van der Waals surface area contributed by atoms with Crippen molar-refractivity contribution < 1.29 is 18.0 Å². The van der Waals surface area contributed by atoms with E-state index in [-0.39, 0.29) is 23.7 Å². The number of halogens is 1. The first-order valence-electron chi connectivity index (χ1n) is 7.94. The van der Waals surface area contributed by atoms with Crippen molar-refractivity contribution in [1.82, 2.24) is 4.90 Å². The van der Waals surface area contributed by atoms with Gasteiger partial charge in [-0.15, -0.1) is 0 Å². The van der Waals surface area contributed by atoms with E-state index < -0.39 is 15.9 Å². The minimum Gasteiger partial charge on any atom is -0.337 e. The van der Waals surface area contributed by atoms with Crippen LogP contribution in [0.1, 0.15) is 22.8 Å². The largest absolute Gasteiger partial charge is 0.337 e. The van der Waals surface area contributed by atoms with Crippen molar-refractivity contribution in [3.63, 3.8) is 0 Å². The topological polar surface area (TPSA) is 95.6 Å². The van der Waals surface area contributed by atoms with Gasteiger partial charge < -0.3 is 10.2 Å². The second-order valence-corrected chi connectivity index (χ2v) is 8.29. The van der Waals surface area contributed by atoms with Crippen molar-refractivity contribution in [2.45, 2.75) is 13.5 Å². The first kappa shape index (κ1) is 20.7. The molecule has 0 saturated heterocycles. The van der Waals surface area contributed by atoms with Gasteiger partial charge in [-0.1, -0.05) is 23.7 Å². The van der Waals surface area contributed by atoms with E-state index in [1.807, 2.05) is 6.07 Å². The third kappa shape index (κ3) is 6.26. The molecule has 0 saturated carbocycles. The van der Waals surface area contributed by atoms with E-state index in [4.69, 9.17) is 11.6 Å². The molecule has 0 fully saturated rings. The number of benzene rings is 2. The number of carbonyl (C=O) groups excluding carboxylic acids is 2. The molecule has 7 nitrogen and oxygen atoms in total. The molecule has 2 aromatic carbocycles. The maximum Gasteiger partial charge on any atom is 0.256 e. The molecule has 0 radical (unpaired) electrons. The Kier molecular flexibility index (Phi) is 6.45. The Morgan fingerprint density at radius 1 is 1.15 bits per heavy atom. The van der Waals surface area contributed by atoms with Crippen LogP contribution in [0.5, 0.6) is 0 Å². The van der Waals surface area contributed by atoms with Gasteiger partial charge >= 0.3 is 0 Å². The highest BCUT2D eigenvalue weighted by atomic mass is 35.5. The molecule has 9 heteroatoms. The second kappa shape index (κ2) is 8.41. The van der Waals surface area contributed by atoms with Crippen LogP contribution in [0.2, 0.25) is 5.02 Å². The van der Waals surface area contributed by atoms with Crippen molar-refractivity contribution in [1.29, 1.82) is 0 Å². The van der Waals surface area contributed by atoms with Crippen molar-refractivity contribution in [3.05, 3.63) is 58.6 Å². The maximum absolute atomic E-state index is 12.9. The van der Waals surface area contributed by atoms with Gasteiger partial charge in [-0.2, -0.15) is 0 Å². The molecular weight excluding hydrogens is 390 g/mol. The predicted octanol–water partition coefficient (Wildman–Crippen LogP) is 2.94. The Morgan fingerprint density at radius 3 is 2.44 bits per heavy atom. The lowest BCUT2D eigenvalue weighted by atomic mass is 10.1. The maximum atomic E-state index is 12.9. The third-order valence-electron chi connectivity index (χ3n) is 3.52. The van der Waals surface area contributed by atoms with Crippen molar-refractivity contribution in [3.8, 4) is 0 Å². The van der Waals surface area contributed by atoms with Gasteiger partial charge in [-0.3, -0.25) is 14.3 Å². The van der Waals surface area contributed by atoms with Gasteiger partial charge in [-0.05, 0) is 35.9 Å². The molecule has 144 valence electrons. The van der Waals surface area contributed by atoms with E-state index in [1.54, 1.807) is 25.2 Å². The molecule has 2 N–H and O–H groups in total. The van der Waals surface area contributed by atoms with Crippen molar-refractivity contribution >= 4 is 44.8 Å². The fourth-order valence-corrected chi connectivity index (χ4v) is 3.27. The van der Waals surface area contributed by atoms with E-state index >= 15 is 0 Å². The highest BCUT2D eigenvalue weighted by Crippen LogP contribution is 2.24. The molecule has 0 aliphatic heterocycles. The van der Waals surface area contributed by atoms with E-state index in [9.17, 15) is 18.0 Å². The van der Waals surface area contributed by atoms with E-state index in [0.717, 1.165) is 11.8 Å². The molecule has 0 unspecified atom stereocenters. The summed E-state index contributed by atoms with van der Waals surface area (Å²) in [5, 5.41) is 3.14. The molecule has 2 aromatic rings. The molecule has 0 aliphatic carbocycles. The lowest BCUT2D eigenvalue weighted by molar-refractivity contribution is -0.114. The molecule has 0 aliphatic rings. The van der Waals surface area contributed by atoms with Crippen LogP contribution < -0.4 is 10.0 Å². The molecule has 0 bridgehead atoms. The molecule has 2 amide bonds. The molecule has 0 atom stereocenters. The normalized spacial score (nSPS) is 11.0. The van der Waals surface area contributed by atoms with Crippen LogP contribution in [0.15, 0.2) is 42.5 Å². The number of nitrogens with zero attached hydrogens (tertiary/aromatic N) is 1. The zero-order valence-electron chi connectivity index (χ0n) is 15.1. The quantitative estimate of drug-likeness (QED) is 0.766. The number of anilines is 2. The van der Waals surface area contributed by atoms with Gasteiger partial charge in [0.15, 0.2) is 0 Å². The van der Waals surface area contributed by atoms with Gasteiger partial charge in [0.25, 0.3) is 5.91 Å². The molecule has 2 rings (SSSR count). The SMILES string of the molecule is CC(=O)Nc1ccc(NS(C)(=O)=O)c(C(=O)N(C)Cc2cccc(Cl)c2)c1. The van der Waals surface area contributed by atoms with Crippen LogP contribution in [-0.2, 0) is 21.4 Å². The summed E-state index contributed by atoms with van der Waals surface area (Å²) in [6.45, 7) is 1.62. The monoisotopic (exact) mass is 409 g/mol. The molecule has 0 heterocycles. The van der Waals surface area contributed by atoms with Gasteiger partial charge in [0.05, 0.1) is 17.5 Å². The van der Waals surface area contributed by atoms with Crippen molar-refractivity contribution in [2.24, 2.45) is 0 Å². The number of amides is 2. The fraction of sp³-hybridized carbons (Fsp3) is 0.222. The lowest BCUT2D eigenvalue weighted by Crippen LogP contribution is -2.27. The molecule has 0 aromatic heterocycles. The molecule has 0 spiro atoms. The van der Waals surface area contributed by atoms with Gasteiger partial charge in [0.1, 0.15) is 0 Å². The van der Waals surface area contributed by atoms with Crippen LogP contribution >= 0.6 is 11.6 Å². The summed E-state index contributed by atoms with van der Waals surface area (Å²) in [6.07, 6.45) is 0.999. The summed E-state index contributed by atoms with van der Waals surface area (Å²) in [6, 6.07) is 11.5. The van der Waals surface area contributed by atoms with Gasteiger partial charge in [-0.25, -0.2) is 8.42 Å². The van der Waals surface area contributed by atoms with E-state index in [0.29, 0.717) is 10.7 Å². The minimum atomic E-state index is -3.58. The summed E-state index contributed by atoms with van der Waals surface area (Å²) < 4.78 is 25.6. The van der Waals surface area contributed by atoms with E-state index in [2.05, 4.69) is 10.0 Å². The van der Waals surface area contributed by atoms with E-state index in [1.165, 1.54) is 30.0 Å². The molecular formula is C18H20ClN3O4S. The van der Waals surface area contributed by atoms with Crippen LogP contribution in [-0.4, -0.2) is 38.4 Å². The Labute approximate surface area is 163 Å². The number of nitrogens with one attached hydrogen (secondary N) is 2. The van der Waals surface area contributed by atoms with Gasteiger partial charge in [0, 0.05) is 31.2 Å². The first-order valence-corrected chi connectivity index (χ1v) is 10.2. The van der Waals surface area contributed by atoms with Crippen molar-refractivity contribution in [2.75, 3.05) is 23.3 Å². The number of hydrogen-bond acceptors (Lipinski definition) is 4. The highest BCUT2D eigenvalue weighted by Gasteiger charge is 2.19. The lowest BCUT2D eigenvalue weighted by Gasteiger charge is -2.20.